The molecule has 2 N–H and O–H groups in total. The standard InChI is InChI=1S/C12H16N4O/c1-3-16-8-11(7-15-16)17-10-4-5-12(9(2)13)14-6-10/h4-9H,3,13H2,1-2H3/t9-/m1/s1. The van der Waals surface area contributed by atoms with Gasteiger partial charge in [0.15, 0.2) is 5.75 Å². The van der Waals surface area contributed by atoms with Crippen molar-refractivity contribution in [2.45, 2.75) is 26.4 Å². The molecule has 5 heteroatoms. The number of rotatable bonds is 4. The van der Waals surface area contributed by atoms with Crippen molar-refractivity contribution in [2.24, 2.45) is 5.73 Å². The Hall–Kier alpha value is -1.88. The summed E-state index contributed by atoms with van der Waals surface area (Å²) in [7, 11) is 0. The van der Waals surface area contributed by atoms with Crippen LogP contribution in [0.15, 0.2) is 30.7 Å². The molecule has 0 fully saturated rings. The predicted molar refractivity (Wildman–Crippen MR) is 64.8 cm³/mol. The number of ether oxygens (including phenoxy) is 1. The first-order valence-corrected chi connectivity index (χ1v) is 5.61. The Balaban J connectivity index is 2.08. The summed E-state index contributed by atoms with van der Waals surface area (Å²) < 4.78 is 7.41. The van der Waals surface area contributed by atoms with Gasteiger partial charge in [-0.3, -0.25) is 9.67 Å². The van der Waals surface area contributed by atoms with Gasteiger partial charge in [0.1, 0.15) is 5.75 Å². The van der Waals surface area contributed by atoms with E-state index in [1.54, 1.807) is 17.1 Å². The number of aryl methyl sites for hydroxylation is 1. The van der Waals surface area contributed by atoms with Gasteiger partial charge >= 0.3 is 0 Å². The fourth-order valence-electron chi connectivity index (χ4n) is 1.43. The quantitative estimate of drug-likeness (QED) is 0.876. The molecule has 0 aromatic carbocycles. The highest BCUT2D eigenvalue weighted by atomic mass is 16.5. The van der Waals surface area contributed by atoms with Crippen LogP contribution in [-0.2, 0) is 6.54 Å². The maximum absolute atomic E-state index is 5.72. The molecule has 90 valence electrons. The average molecular weight is 232 g/mol. The molecule has 0 aliphatic rings. The molecule has 0 saturated heterocycles. The summed E-state index contributed by atoms with van der Waals surface area (Å²) in [6.07, 6.45) is 5.20. The van der Waals surface area contributed by atoms with Gasteiger partial charge in [0.2, 0.25) is 0 Å². The molecule has 17 heavy (non-hydrogen) atoms. The topological polar surface area (TPSA) is 66.0 Å². The summed E-state index contributed by atoms with van der Waals surface area (Å²) in [4.78, 5) is 4.22. The van der Waals surface area contributed by atoms with Gasteiger partial charge in [0, 0.05) is 12.6 Å². The Morgan fingerprint density at radius 1 is 1.35 bits per heavy atom. The van der Waals surface area contributed by atoms with Crippen molar-refractivity contribution in [2.75, 3.05) is 0 Å². The molecule has 2 aromatic rings. The lowest BCUT2D eigenvalue weighted by Crippen LogP contribution is -2.06. The van der Waals surface area contributed by atoms with Crippen LogP contribution in [0.4, 0.5) is 0 Å². The Bertz CT molecular complexity index is 476. The molecule has 0 unspecified atom stereocenters. The lowest BCUT2D eigenvalue weighted by atomic mass is 10.2. The van der Waals surface area contributed by atoms with Crippen LogP contribution in [0.3, 0.4) is 0 Å². The Morgan fingerprint density at radius 3 is 2.71 bits per heavy atom. The third kappa shape index (κ3) is 2.82. The third-order valence-corrected chi connectivity index (χ3v) is 2.40. The summed E-state index contributed by atoms with van der Waals surface area (Å²) in [6.45, 7) is 4.75. The molecule has 0 bridgehead atoms. The van der Waals surface area contributed by atoms with Crippen molar-refractivity contribution in [1.82, 2.24) is 14.8 Å². The molecule has 0 radical (unpaired) electrons. The van der Waals surface area contributed by atoms with Crippen LogP contribution in [0.1, 0.15) is 25.6 Å². The van der Waals surface area contributed by atoms with Gasteiger partial charge in [0.05, 0.1) is 24.3 Å². The summed E-state index contributed by atoms with van der Waals surface area (Å²) in [5, 5.41) is 4.13. The van der Waals surface area contributed by atoms with Gasteiger partial charge in [-0.05, 0) is 26.0 Å². The van der Waals surface area contributed by atoms with Crippen molar-refractivity contribution in [3.8, 4) is 11.5 Å². The van der Waals surface area contributed by atoms with Crippen LogP contribution in [-0.4, -0.2) is 14.8 Å². The smallest absolute Gasteiger partial charge is 0.165 e. The van der Waals surface area contributed by atoms with E-state index in [1.807, 2.05) is 32.2 Å². The molecule has 0 aliphatic carbocycles. The van der Waals surface area contributed by atoms with E-state index >= 15 is 0 Å². The molecule has 2 rings (SSSR count). The molecule has 2 aromatic heterocycles. The van der Waals surface area contributed by atoms with Gasteiger partial charge in [0.25, 0.3) is 0 Å². The van der Waals surface area contributed by atoms with E-state index in [4.69, 9.17) is 10.5 Å². The van der Waals surface area contributed by atoms with E-state index in [2.05, 4.69) is 10.1 Å². The zero-order valence-electron chi connectivity index (χ0n) is 10.00. The van der Waals surface area contributed by atoms with Crippen LogP contribution in [0.5, 0.6) is 11.5 Å². The molecule has 5 nitrogen and oxygen atoms in total. The van der Waals surface area contributed by atoms with Crippen molar-refractivity contribution in [1.29, 1.82) is 0 Å². The van der Waals surface area contributed by atoms with E-state index in [0.717, 1.165) is 12.2 Å². The highest BCUT2D eigenvalue weighted by Gasteiger charge is 2.03. The average Bonchev–Trinajstić information content (AvgIpc) is 2.77. The fourth-order valence-corrected chi connectivity index (χ4v) is 1.43. The second kappa shape index (κ2) is 4.97. The van der Waals surface area contributed by atoms with E-state index in [9.17, 15) is 0 Å². The summed E-state index contributed by atoms with van der Waals surface area (Å²) >= 11 is 0. The first kappa shape index (κ1) is 11.6. The Morgan fingerprint density at radius 2 is 2.18 bits per heavy atom. The first-order valence-electron chi connectivity index (χ1n) is 5.61. The SMILES string of the molecule is CCn1cc(Oc2ccc([C@@H](C)N)nc2)cn1. The molecule has 0 aliphatic heterocycles. The molecule has 2 heterocycles. The zero-order valence-corrected chi connectivity index (χ0v) is 10.00. The van der Waals surface area contributed by atoms with Crippen LogP contribution in [0.25, 0.3) is 0 Å². The van der Waals surface area contributed by atoms with Crippen molar-refractivity contribution in [3.05, 3.63) is 36.4 Å². The van der Waals surface area contributed by atoms with E-state index in [0.29, 0.717) is 11.5 Å². The van der Waals surface area contributed by atoms with Crippen molar-refractivity contribution in [3.63, 3.8) is 0 Å². The minimum absolute atomic E-state index is 0.0631. The first-order chi connectivity index (χ1) is 8.19. The van der Waals surface area contributed by atoms with Gasteiger partial charge in [-0.25, -0.2) is 0 Å². The lowest BCUT2D eigenvalue weighted by molar-refractivity contribution is 0.478. The number of aromatic nitrogens is 3. The van der Waals surface area contributed by atoms with Crippen molar-refractivity contribution < 1.29 is 4.74 Å². The third-order valence-electron chi connectivity index (χ3n) is 2.40. The molecule has 0 spiro atoms. The number of nitrogens with zero attached hydrogens (tertiary/aromatic N) is 3. The Kier molecular flexibility index (Phi) is 3.39. The summed E-state index contributed by atoms with van der Waals surface area (Å²) in [5.41, 5.74) is 6.57. The molecular weight excluding hydrogens is 216 g/mol. The second-order valence-electron chi connectivity index (χ2n) is 3.84. The maximum atomic E-state index is 5.72. The van der Waals surface area contributed by atoms with E-state index < -0.39 is 0 Å². The number of pyridine rings is 1. The second-order valence-corrected chi connectivity index (χ2v) is 3.84. The molecule has 0 saturated carbocycles. The molecule has 0 amide bonds. The van der Waals surface area contributed by atoms with Crippen LogP contribution >= 0.6 is 0 Å². The van der Waals surface area contributed by atoms with Crippen LogP contribution in [0.2, 0.25) is 0 Å². The van der Waals surface area contributed by atoms with Crippen LogP contribution < -0.4 is 10.5 Å². The summed E-state index contributed by atoms with van der Waals surface area (Å²) in [6, 6.07) is 3.66. The lowest BCUT2D eigenvalue weighted by Gasteiger charge is -2.06. The van der Waals surface area contributed by atoms with Gasteiger partial charge in [-0.2, -0.15) is 5.10 Å². The predicted octanol–water partition coefficient (Wildman–Crippen LogP) is 2.11. The number of nitrogens with two attached hydrogens (primary N) is 1. The fraction of sp³-hybridized carbons (Fsp3) is 0.333. The van der Waals surface area contributed by atoms with Gasteiger partial charge in [-0.1, -0.05) is 0 Å². The molecular formula is C12H16N4O. The van der Waals surface area contributed by atoms with E-state index in [-0.39, 0.29) is 6.04 Å². The van der Waals surface area contributed by atoms with E-state index in [1.165, 1.54) is 0 Å². The zero-order chi connectivity index (χ0) is 12.3. The number of hydrogen-bond donors (Lipinski definition) is 1. The van der Waals surface area contributed by atoms with Gasteiger partial charge in [-0.15, -0.1) is 0 Å². The minimum Gasteiger partial charge on any atom is -0.452 e. The summed E-state index contributed by atoms with van der Waals surface area (Å²) in [5.74, 6) is 1.40. The minimum atomic E-state index is -0.0631. The molecule has 1 atom stereocenters. The highest BCUT2D eigenvalue weighted by molar-refractivity contribution is 5.27. The normalized spacial score (nSPS) is 12.4. The number of hydrogen-bond acceptors (Lipinski definition) is 4. The largest absolute Gasteiger partial charge is 0.452 e. The highest BCUT2D eigenvalue weighted by Crippen LogP contribution is 2.20. The maximum Gasteiger partial charge on any atom is 0.165 e. The van der Waals surface area contributed by atoms with Gasteiger partial charge < -0.3 is 10.5 Å². The monoisotopic (exact) mass is 232 g/mol. The Labute approximate surface area is 100 Å². The van der Waals surface area contributed by atoms with Crippen LogP contribution in [0, 0.1) is 0 Å². The van der Waals surface area contributed by atoms with Crippen molar-refractivity contribution >= 4 is 0 Å².